The summed E-state index contributed by atoms with van der Waals surface area (Å²) in [5.74, 6) is -1.77. The van der Waals surface area contributed by atoms with Crippen LogP contribution in [-0.4, -0.2) is 25.0 Å². The standard InChI is InChI=1S/C13H16F3NO/c14-13(15,16)10-4-1-3-9(7-10)11-5-2-6-17-8-12(11)18/h1,3-4,10-11,17H,2,5-8H2. The van der Waals surface area contributed by atoms with E-state index in [1.807, 2.05) is 0 Å². The summed E-state index contributed by atoms with van der Waals surface area (Å²) in [6.07, 6.45) is 1.46. The topological polar surface area (TPSA) is 29.1 Å². The van der Waals surface area contributed by atoms with Crippen LogP contribution in [0.1, 0.15) is 19.3 Å². The van der Waals surface area contributed by atoms with E-state index >= 15 is 0 Å². The average molecular weight is 259 g/mol. The highest BCUT2D eigenvalue weighted by molar-refractivity contribution is 5.86. The van der Waals surface area contributed by atoms with Gasteiger partial charge in [0, 0.05) is 5.92 Å². The number of Topliss-reactive ketones (excluding diaryl/α,β-unsaturated/α-hetero) is 1. The maximum Gasteiger partial charge on any atom is 0.395 e. The van der Waals surface area contributed by atoms with Crippen LogP contribution in [0.2, 0.25) is 0 Å². The lowest BCUT2D eigenvalue weighted by Gasteiger charge is -2.25. The van der Waals surface area contributed by atoms with Crippen molar-refractivity contribution in [3.05, 3.63) is 23.8 Å². The fraction of sp³-hybridized carbons (Fsp3) is 0.615. The summed E-state index contributed by atoms with van der Waals surface area (Å²) in [6.45, 7) is 1.02. The van der Waals surface area contributed by atoms with Gasteiger partial charge in [-0.1, -0.05) is 23.8 Å². The molecule has 2 atom stereocenters. The van der Waals surface area contributed by atoms with Crippen LogP contribution in [-0.2, 0) is 4.79 Å². The number of nitrogens with one attached hydrogen (secondary N) is 1. The summed E-state index contributed by atoms with van der Waals surface area (Å²) in [5.41, 5.74) is 0.633. The Morgan fingerprint density at radius 1 is 1.33 bits per heavy atom. The van der Waals surface area contributed by atoms with Crippen LogP contribution in [0.3, 0.4) is 0 Å². The van der Waals surface area contributed by atoms with Gasteiger partial charge in [-0.05, 0) is 25.8 Å². The number of halogens is 3. The molecule has 2 rings (SSSR count). The summed E-state index contributed by atoms with van der Waals surface area (Å²) >= 11 is 0. The van der Waals surface area contributed by atoms with Crippen LogP contribution in [0.15, 0.2) is 23.8 Å². The van der Waals surface area contributed by atoms with Crippen molar-refractivity contribution in [3.8, 4) is 0 Å². The van der Waals surface area contributed by atoms with E-state index in [0.717, 1.165) is 13.0 Å². The third-order valence-corrected chi connectivity index (χ3v) is 3.51. The molecule has 1 saturated heterocycles. The van der Waals surface area contributed by atoms with Gasteiger partial charge in [0.05, 0.1) is 12.5 Å². The molecule has 1 aliphatic heterocycles. The molecule has 1 aliphatic carbocycles. The maximum atomic E-state index is 12.7. The Bertz CT molecular complexity index is 384. The maximum absolute atomic E-state index is 12.7. The lowest BCUT2D eigenvalue weighted by Crippen LogP contribution is -2.29. The van der Waals surface area contributed by atoms with E-state index in [1.54, 1.807) is 6.08 Å². The lowest BCUT2D eigenvalue weighted by molar-refractivity contribution is -0.161. The number of carbonyl (C=O) groups excluding carboxylic acids is 1. The SMILES string of the molecule is O=C1CNCCCC1C1=CC=CC(C(F)(F)F)C1. The van der Waals surface area contributed by atoms with Crippen molar-refractivity contribution in [2.24, 2.45) is 11.8 Å². The number of rotatable bonds is 1. The summed E-state index contributed by atoms with van der Waals surface area (Å²) < 4.78 is 38.1. The van der Waals surface area contributed by atoms with Crippen molar-refractivity contribution >= 4 is 5.78 Å². The molecule has 0 aromatic heterocycles. The molecule has 0 saturated carbocycles. The lowest BCUT2D eigenvalue weighted by atomic mass is 9.82. The first-order chi connectivity index (χ1) is 8.48. The Hall–Kier alpha value is -1.10. The first kappa shape index (κ1) is 13.3. The van der Waals surface area contributed by atoms with E-state index in [-0.39, 0.29) is 24.7 Å². The summed E-state index contributed by atoms with van der Waals surface area (Å²) in [6, 6.07) is 0. The second-order valence-electron chi connectivity index (χ2n) is 4.82. The number of hydrogen-bond donors (Lipinski definition) is 1. The molecule has 1 N–H and O–H groups in total. The van der Waals surface area contributed by atoms with Gasteiger partial charge in [0.15, 0.2) is 5.78 Å². The summed E-state index contributed by atoms with van der Waals surface area (Å²) in [5, 5.41) is 2.99. The van der Waals surface area contributed by atoms with Gasteiger partial charge in [-0.3, -0.25) is 4.79 Å². The normalized spacial score (nSPS) is 29.9. The van der Waals surface area contributed by atoms with Crippen LogP contribution >= 0.6 is 0 Å². The largest absolute Gasteiger partial charge is 0.395 e. The fourth-order valence-electron chi connectivity index (χ4n) is 2.51. The van der Waals surface area contributed by atoms with Crippen molar-refractivity contribution in [1.29, 1.82) is 0 Å². The molecule has 100 valence electrons. The third-order valence-electron chi connectivity index (χ3n) is 3.51. The first-order valence-electron chi connectivity index (χ1n) is 6.16. The predicted octanol–water partition coefficient (Wildman–Crippen LogP) is 2.62. The quantitative estimate of drug-likeness (QED) is 0.784. The van der Waals surface area contributed by atoms with Crippen LogP contribution in [0, 0.1) is 11.8 Å². The average Bonchev–Trinajstić information content (AvgIpc) is 2.53. The molecule has 0 spiro atoms. The van der Waals surface area contributed by atoms with Crippen molar-refractivity contribution in [2.45, 2.75) is 25.4 Å². The predicted molar refractivity (Wildman–Crippen MR) is 62.0 cm³/mol. The number of hydrogen-bond acceptors (Lipinski definition) is 2. The molecule has 2 aliphatic rings. The second kappa shape index (κ2) is 5.26. The van der Waals surface area contributed by atoms with Gasteiger partial charge in [0.2, 0.25) is 0 Å². The van der Waals surface area contributed by atoms with Crippen LogP contribution in [0.5, 0.6) is 0 Å². The monoisotopic (exact) mass is 259 g/mol. The smallest absolute Gasteiger partial charge is 0.310 e. The molecule has 0 bridgehead atoms. The first-order valence-corrected chi connectivity index (χ1v) is 6.16. The Morgan fingerprint density at radius 3 is 2.83 bits per heavy atom. The van der Waals surface area contributed by atoms with E-state index in [1.165, 1.54) is 12.2 Å². The fourth-order valence-corrected chi connectivity index (χ4v) is 2.51. The molecular formula is C13H16F3NO. The van der Waals surface area contributed by atoms with Crippen molar-refractivity contribution in [3.63, 3.8) is 0 Å². The van der Waals surface area contributed by atoms with E-state index in [0.29, 0.717) is 12.0 Å². The molecule has 18 heavy (non-hydrogen) atoms. The highest BCUT2D eigenvalue weighted by Crippen LogP contribution is 2.37. The summed E-state index contributed by atoms with van der Waals surface area (Å²) in [4.78, 5) is 11.9. The number of allylic oxidation sites excluding steroid dienone is 4. The minimum atomic E-state index is -4.22. The molecule has 1 fully saturated rings. The Morgan fingerprint density at radius 2 is 2.11 bits per heavy atom. The van der Waals surface area contributed by atoms with Gasteiger partial charge < -0.3 is 5.32 Å². The Labute approximate surface area is 104 Å². The highest BCUT2D eigenvalue weighted by atomic mass is 19.4. The number of alkyl halides is 3. The minimum Gasteiger partial charge on any atom is -0.310 e. The molecule has 2 unspecified atom stereocenters. The minimum absolute atomic E-state index is 0.00924. The van der Waals surface area contributed by atoms with Gasteiger partial charge >= 0.3 is 6.18 Å². The molecule has 2 nitrogen and oxygen atoms in total. The van der Waals surface area contributed by atoms with Crippen LogP contribution in [0.4, 0.5) is 13.2 Å². The molecule has 1 heterocycles. The number of ketones is 1. The Kier molecular flexibility index (Phi) is 3.90. The van der Waals surface area contributed by atoms with Crippen molar-refractivity contribution in [1.82, 2.24) is 5.32 Å². The van der Waals surface area contributed by atoms with E-state index in [2.05, 4.69) is 5.32 Å². The van der Waals surface area contributed by atoms with Gasteiger partial charge in [-0.15, -0.1) is 0 Å². The Balaban J connectivity index is 2.11. The van der Waals surface area contributed by atoms with Crippen molar-refractivity contribution < 1.29 is 18.0 Å². The molecule has 0 aromatic carbocycles. The van der Waals surface area contributed by atoms with Gasteiger partial charge in [0.25, 0.3) is 0 Å². The third kappa shape index (κ3) is 3.02. The van der Waals surface area contributed by atoms with Gasteiger partial charge in [-0.25, -0.2) is 0 Å². The highest BCUT2D eigenvalue weighted by Gasteiger charge is 2.40. The summed E-state index contributed by atoms with van der Waals surface area (Å²) in [7, 11) is 0. The number of carbonyl (C=O) groups is 1. The second-order valence-corrected chi connectivity index (χ2v) is 4.82. The van der Waals surface area contributed by atoms with E-state index in [4.69, 9.17) is 0 Å². The van der Waals surface area contributed by atoms with Gasteiger partial charge in [0.1, 0.15) is 0 Å². The molecule has 0 amide bonds. The zero-order valence-electron chi connectivity index (χ0n) is 9.96. The zero-order chi connectivity index (χ0) is 13.2. The van der Waals surface area contributed by atoms with Crippen LogP contribution in [0.25, 0.3) is 0 Å². The zero-order valence-corrected chi connectivity index (χ0v) is 9.96. The molecule has 0 radical (unpaired) electrons. The van der Waals surface area contributed by atoms with Crippen molar-refractivity contribution in [2.75, 3.05) is 13.1 Å². The molecule has 5 heteroatoms. The van der Waals surface area contributed by atoms with E-state index in [9.17, 15) is 18.0 Å². The molecule has 0 aromatic rings. The molecular weight excluding hydrogens is 243 g/mol. The van der Waals surface area contributed by atoms with Gasteiger partial charge in [-0.2, -0.15) is 13.2 Å². The van der Waals surface area contributed by atoms with E-state index < -0.39 is 12.1 Å². The van der Waals surface area contributed by atoms with Crippen LogP contribution < -0.4 is 5.32 Å².